The van der Waals surface area contributed by atoms with E-state index in [1.165, 1.54) is 84.4 Å². The first kappa shape index (κ1) is 18.2. The van der Waals surface area contributed by atoms with Crippen molar-refractivity contribution >= 4 is 22.9 Å². The monoisotopic (exact) mass is 370 g/mol. The van der Waals surface area contributed by atoms with Gasteiger partial charge in [-0.3, -0.25) is 0 Å². The summed E-state index contributed by atoms with van der Waals surface area (Å²) in [6.45, 7) is 0. The molecule has 0 atom stereocenters. The van der Waals surface area contributed by atoms with E-state index in [4.69, 9.17) is 0 Å². The Bertz CT molecular complexity index is 811. The Morgan fingerprint density at radius 1 is 0.536 bits per heavy atom. The summed E-state index contributed by atoms with van der Waals surface area (Å²) in [5.74, 6) is 2.31. The van der Waals surface area contributed by atoms with Crippen LogP contribution >= 0.6 is 0 Å². The molecule has 0 bridgehead atoms. The summed E-state index contributed by atoms with van der Waals surface area (Å²) in [7, 11) is 0. The second kappa shape index (κ2) is 8.27. The summed E-state index contributed by atoms with van der Waals surface area (Å²) in [4.78, 5) is 0. The summed E-state index contributed by atoms with van der Waals surface area (Å²) >= 11 is 0. The first-order valence-corrected chi connectivity index (χ1v) is 11.8. The highest BCUT2D eigenvalue weighted by molar-refractivity contribution is 5.98. The van der Waals surface area contributed by atoms with Crippen molar-refractivity contribution in [1.82, 2.24) is 0 Å². The van der Waals surface area contributed by atoms with Gasteiger partial charge in [0.05, 0.1) is 0 Å². The largest absolute Gasteiger partial charge is 0.0836 e. The minimum Gasteiger partial charge on any atom is -0.0836 e. The molecule has 0 aliphatic heterocycles. The lowest BCUT2D eigenvalue weighted by Crippen LogP contribution is -2.06. The molecule has 0 saturated heterocycles. The number of allylic oxidation sites excluding steroid dienone is 2. The molecule has 4 aliphatic carbocycles. The SMILES string of the molecule is C1=Cc2c(ccc3c4c(ccc23)CCC=C4)CC1.C1CCC(C2CCCC2)C1. The molecule has 2 aromatic carbocycles. The van der Waals surface area contributed by atoms with Crippen molar-refractivity contribution in [3.05, 3.63) is 58.7 Å². The van der Waals surface area contributed by atoms with Gasteiger partial charge in [0.25, 0.3) is 0 Å². The van der Waals surface area contributed by atoms with Crippen molar-refractivity contribution in [3.8, 4) is 0 Å². The van der Waals surface area contributed by atoms with Gasteiger partial charge < -0.3 is 0 Å². The molecular weight excluding hydrogens is 336 g/mol. The standard InChI is InChI=1S/C18H16.C10H18/c1-3-7-15-13(5-1)9-11-18-16-8-4-2-6-14(16)10-12-17(15)18;1-2-6-9(5-1)10-7-3-4-8-10/h3-4,7-12H,1-2,5-6H2;9-10H,1-8H2. The molecule has 28 heavy (non-hydrogen) atoms. The molecule has 2 saturated carbocycles. The number of hydrogen-bond donors (Lipinski definition) is 0. The highest BCUT2D eigenvalue weighted by atomic mass is 14.3. The van der Waals surface area contributed by atoms with Gasteiger partial charge in [-0.15, -0.1) is 0 Å². The minimum atomic E-state index is 1.16. The minimum absolute atomic E-state index is 1.16. The average molecular weight is 371 g/mol. The zero-order chi connectivity index (χ0) is 18.8. The third-order valence-electron chi connectivity index (χ3n) is 7.66. The molecular formula is C28H34. The van der Waals surface area contributed by atoms with E-state index in [-0.39, 0.29) is 0 Å². The fourth-order valence-electron chi connectivity index (χ4n) is 6.11. The third kappa shape index (κ3) is 3.59. The van der Waals surface area contributed by atoms with Crippen molar-refractivity contribution in [2.75, 3.05) is 0 Å². The van der Waals surface area contributed by atoms with E-state index < -0.39 is 0 Å². The number of aryl methyl sites for hydroxylation is 2. The van der Waals surface area contributed by atoms with E-state index >= 15 is 0 Å². The van der Waals surface area contributed by atoms with Crippen LogP contribution in [0.4, 0.5) is 0 Å². The molecule has 0 spiro atoms. The van der Waals surface area contributed by atoms with E-state index in [2.05, 4.69) is 48.6 Å². The Kier molecular flexibility index (Phi) is 5.39. The van der Waals surface area contributed by atoms with E-state index in [9.17, 15) is 0 Å². The second-order valence-corrected chi connectivity index (χ2v) is 9.34. The Hall–Kier alpha value is -1.82. The fraction of sp³-hybridized carbons (Fsp3) is 0.500. The summed E-state index contributed by atoms with van der Waals surface area (Å²) in [5, 5.41) is 2.85. The van der Waals surface area contributed by atoms with Gasteiger partial charge in [0.1, 0.15) is 0 Å². The molecule has 0 nitrogen and oxygen atoms in total. The maximum absolute atomic E-state index is 2.32. The Balaban J connectivity index is 0.000000145. The topological polar surface area (TPSA) is 0 Å². The van der Waals surface area contributed by atoms with Gasteiger partial charge in [-0.05, 0) is 70.5 Å². The molecule has 0 N–H and O–H groups in total. The lowest BCUT2D eigenvalue weighted by molar-refractivity contribution is 0.347. The molecule has 0 heterocycles. The zero-order valence-electron chi connectivity index (χ0n) is 17.3. The van der Waals surface area contributed by atoms with Crippen molar-refractivity contribution in [2.45, 2.75) is 77.0 Å². The predicted octanol–water partition coefficient (Wildman–Crippen LogP) is 8.13. The molecule has 146 valence electrons. The van der Waals surface area contributed by atoms with Crippen LogP contribution in [0.5, 0.6) is 0 Å². The Morgan fingerprint density at radius 3 is 1.39 bits per heavy atom. The lowest BCUT2D eigenvalue weighted by atomic mass is 9.87. The summed E-state index contributed by atoms with van der Waals surface area (Å²) in [6.07, 6.45) is 26.3. The molecule has 2 fully saturated rings. The van der Waals surface area contributed by atoms with E-state index in [0.717, 1.165) is 11.8 Å². The van der Waals surface area contributed by atoms with Gasteiger partial charge in [0, 0.05) is 0 Å². The number of fused-ring (bicyclic) bond motifs is 5. The van der Waals surface area contributed by atoms with E-state index in [1.807, 2.05) is 0 Å². The summed E-state index contributed by atoms with van der Waals surface area (Å²) < 4.78 is 0. The Labute approximate surface area is 170 Å². The van der Waals surface area contributed by atoms with Gasteiger partial charge in [0.15, 0.2) is 0 Å². The highest BCUT2D eigenvalue weighted by Gasteiger charge is 2.26. The van der Waals surface area contributed by atoms with Crippen LogP contribution in [0.3, 0.4) is 0 Å². The van der Waals surface area contributed by atoms with Crippen LogP contribution < -0.4 is 0 Å². The molecule has 0 radical (unpaired) electrons. The lowest BCUT2D eigenvalue weighted by Gasteiger charge is -2.18. The van der Waals surface area contributed by atoms with Crippen LogP contribution in [0.25, 0.3) is 22.9 Å². The smallest absolute Gasteiger partial charge is 0.0103 e. The highest BCUT2D eigenvalue weighted by Crippen LogP contribution is 2.40. The maximum Gasteiger partial charge on any atom is -0.0103 e. The zero-order valence-corrected chi connectivity index (χ0v) is 17.3. The summed E-state index contributed by atoms with van der Waals surface area (Å²) in [5.41, 5.74) is 5.90. The number of rotatable bonds is 1. The van der Waals surface area contributed by atoms with Crippen molar-refractivity contribution in [2.24, 2.45) is 11.8 Å². The van der Waals surface area contributed by atoms with Crippen molar-refractivity contribution < 1.29 is 0 Å². The average Bonchev–Trinajstić information content (AvgIpc) is 3.47. The Morgan fingerprint density at radius 2 is 0.964 bits per heavy atom. The van der Waals surface area contributed by atoms with Gasteiger partial charge in [0.2, 0.25) is 0 Å². The fourth-order valence-corrected chi connectivity index (χ4v) is 6.11. The summed E-state index contributed by atoms with van der Waals surface area (Å²) in [6, 6.07) is 9.29. The molecule has 0 amide bonds. The second-order valence-electron chi connectivity index (χ2n) is 9.34. The van der Waals surface area contributed by atoms with Gasteiger partial charge >= 0.3 is 0 Å². The predicted molar refractivity (Wildman–Crippen MR) is 123 cm³/mol. The molecule has 0 heteroatoms. The third-order valence-corrected chi connectivity index (χ3v) is 7.66. The van der Waals surface area contributed by atoms with Crippen LogP contribution in [-0.2, 0) is 12.8 Å². The van der Waals surface area contributed by atoms with Crippen molar-refractivity contribution in [1.29, 1.82) is 0 Å². The first-order chi connectivity index (χ1) is 13.9. The number of hydrogen-bond acceptors (Lipinski definition) is 0. The van der Waals surface area contributed by atoms with Crippen LogP contribution in [0.15, 0.2) is 36.4 Å². The van der Waals surface area contributed by atoms with Gasteiger partial charge in [-0.25, -0.2) is 0 Å². The van der Waals surface area contributed by atoms with Crippen LogP contribution in [0.2, 0.25) is 0 Å². The molecule has 0 aromatic heterocycles. The van der Waals surface area contributed by atoms with Crippen LogP contribution in [-0.4, -0.2) is 0 Å². The molecule has 6 rings (SSSR count). The van der Waals surface area contributed by atoms with Crippen LogP contribution in [0, 0.1) is 11.8 Å². The van der Waals surface area contributed by atoms with E-state index in [0.29, 0.717) is 0 Å². The van der Waals surface area contributed by atoms with Gasteiger partial charge in [-0.2, -0.15) is 0 Å². The van der Waals surface area contributed by atoms with Gasteiger partial charge in [-0.1, -0.05) is 99.9 Å². The quantitative estimate of drug-likeness (QED) is 0.475. The van der Waals surface area contributed by atoms with Crippen LogP contribution in [0.1, 0.15) is 86.5 Å². The van der Waals surface area contributed by atoms with Crippen molar-refractivity contribution in [3.63, 3.8) is 0 Å². The maximum atomic E-state index is 2.32. The first-order valence-electron chi connectivity index (χ1n) is 11.8. The number of benzene rings is 2. The molecule has 0 unspecified atom stereocenters. The molecule has 4 aliphatic rings. The normalized spacial score (nSPS) is 21.4. The molecule has 2 aromatic rings. The van der Waals surface area contributed by atoms with E-state index in [1.54, 1.807) is 25.7 Å².